The molecule has 1 aromatic carbocycles. The van der Waals surface area contributed by atoms with E-state index in [4.69, 9.17) is 5.73 Å². The number of nitro groups is 1. The maximum atomic E-state index is 11.2. The van der Waals surface area contributed by atoms with Gasteiger partial charge in [-0.1, -0.05) is 0 Å². The minimum Gasteiger partial charge on any atom is -0.465 e. The van der Waals surface area contributed by atoms with Crippen LogP contribution >= 0.6 is 12.4 Å². The lowest BCUT2D eigenvalue weighted by Gasteiger charge is -2.06. The van der Waals surface area contributed by atoms with E-state index in [1.807, 2.05) is 0 Å². The molecule has 0 amide bonds. The third-order valence-electron chi connectivity index (χ3n) is 2.08. The molecule has 0 aliphatic carbocycles. The Morgan fingerprint density at radius 1 is 1.56 bits per heavy atom. The Hall–Kier alpha value is -1.86. The number of methoxy groups -OCH3 is 1. The Morgan fingerprint density at radius 2 is 2.22 bits per heavy atom. The first-order valence-corrected chi connectivity index (χ1v) is 4.91. The number of nitrogens with one attached hydrogen (secondary N) is 1. The second-order valence-corrected chi connectivity index (χ2v) is 3.20. The lowest BCUT2D eigenvalue weighted by molar-refractivity contribution is -0.384. The average Bonchev–Trinajstić information content (AvgIpc) is 2.35. The van der Waals surface area contributed by atoms with Crippen LogP contribution in [0.1, 0.15) is 10.4 Å². The Bertz CT molecular complexity index is 439. The number of esters is 1. The van der Waals surface area contributed by atoms with Crippen molar-refractivity contribution < 1.29 is 14.5 Å². The van der Waals surface area contributed by atoms with E-state index in [9.17, 15) is 14.9 Å². The van der Waals surface area contributed by atoms with Crippen LogP contribution in [0.3, 0.4) is 0 Å². The molecular formula is C10H14ClN3O4. The van der Waals surface area contributed by atoms with Gasteiger partial charge in [0, 0.05) is 19.2 Å². The number of nitrogens with zero attached hydrogens (tertiary/aromatic N) is 1. The summed E-state index contributed by atoms with van der Waals surface area (Å²) in [6.45, 7) is 0.772. The van der Waals surface area contributed by atoms with Crippen molar-refractivity contribution in [3.63, 3.8) is 0 Å². The van der Waals surface area contributed by atoms with E-state index in [2.05, 4.69) is 10.1 Å². The van der Waals surface area contributed by atoms with Crippen molar-refractivity contribution in [3.05, 3.63) is 33.9 Å². The van der Waals surface area contributed by atoms with Crippen LogP contribution in [0.4, 0.5) is 11.4 Å². The molecule has 18 heavy (non-hydrogen) atoms. The van der Waals surface area contributed by atoms with Crippen LogP contribution in [-0.4, -0.2) is 31.1 Å². The van der Waals surface area contributed by atoms with Gasteiger partial charge in [0.1, 0.15) is 5.69 Å². The van der Waals surface area contributed by atoms with Gasteiger partial charge in [-0.15, -0.1) is 12.4 Å². The smallest absolute Gasteiger partial charge is 0.338 e. The predicted molar refractivity (Wildman–Crippen MR) is 69.2 cm³/mol. The number of hydrogen-bond donors (Lipinski definition) is 2. The average molecular weight is 276 g/mol. The molecule has 0 radical (unpaired) electrons. The number of ether oxygens (including phenoxy) is 1. The highest BCUT2D eigenvalue weighted by atomic mass is 35.5. The van der Waals surface area contributed by atoms with E-state index >= 15 is 0 Å². The number of benzene rings is 1. The van der Waals surface area contributed by atoms with Crippen molar-refractivity contribution in [2.24, 2.45) is 5.73 Å². The molecule has 0 aliphatic heterocycles. The molecule has 0 heterocycles. The summed E-state index contributed by atoms with van der Waals surface area (Å²) in [5.74, 6) is -0.613. The first kappa shape index (κ1) is 16.1. The predicted octanol–water partition coefficient (Wildman–Crippen LogP) is 1.17. The molecule has 0 spiro atoms. The van der Waals surface area contributed by atoms with Crippen LogP contribution in [0, 0.1) is 10.1 Å². The summed E-state index contributed by atoms with van der Waals surface area (Å²) in [6.07, 6.45) is 0. The van der Waals surface area contributed by atoms with Gasteiger partial charge in [0.2, 0.25) is 0 Å². The lowest BCUT2D eigenvalue weighted by Crippen LogP contribution is -2.14. The molecule has 3 N–H and O–H groups in total. The highest BCUT2D eigenvalue weighted by Gasteiger charge is 2.17. The van der Waals surface area contributed by atoms with E-state index in [0.29, 0.717) is 18.8 Å². The van der Waals surface area contributed by atoms with Gasteiger partial charge >= 0.3 is 5.97 Å². The molecule has 0 saturated heterocycles. The van der Waals surface area contributed by atoms with Gasteiger partial charge in [0.15, 0.2) is 0 Å². The second-order valence-electron chi connectivity index (χ2n) is 3.20. The van der Waals surface area contributed by atoms with Gasteiger partial charge in [-0.25, -0.2) is 4.79 Å². The maximum absolute atomic E-state index is 11.2. The van der Waals surface area contributed by atoms with Crippen LogP contribution in [0.5, 0.6) is 0 Å². The summed E-state index contributed by atoms with van der Waals surface area (Å²) in [6, 6.07) is 4.09. The molecule has 1 aromatic rings. The Morgan fingerprint density at radius 3 is 2.72 bits per heavy atom. The number of anilines is 1. The van der Waals surface area contributed by atoms with Crippen LogP contribution in [0.25, 0.3) is 0 Å². The van der Waals surface area contributed by atoms with Crippen molar-refractivity contribution in [1.82, 2.24) is 0 Å². The van der Waals surface area contributed by atoms with Gasteiger partial charge in [0.25, 0.3) is 5.69 Å². The molecule has 8 heteroatoms. The van der Waals surface area contributed by atoms with Crippen molar-refractivity contribution in [2.45, 2.75) is 0 Å². The molecule has 0 unspecified atom stereocenters. The molecule has 7 nitrogen and oxygen atoms in total. The molecule has 1 rings (SSSR count). The summed E-state index contributed by atoms with van der Waals surface area (Å²) in [7, 11) is 1.22. The molecule has 0 atom stereocenters. The number of hydrogen-bond acceptors (Lipinski definition) is 6. The van der Waals surface area contributed by atoms with Crippen molar-refractivity contribution in [1.29, 1.82) is 0 Å². The van der Waals surface area contributed by atoms with Crippen LogP contribution < -0.4 is 11.1 Å². The molecule has 0 saturated carbocycles. The first-order chi connectivity index (χ1) is 8.10. The maximum Gasteiger partial charge on any atom is 0.338 e. The largest absolute Gasteiger partial charge is 0.465 e. The highest BCUT2D eigenvalue weighted by Crippen LogP contribution is 2.25. The fourth-order valence-corrected chi connectivity index (χ4v) is 1.28. The lowest BCUT2D eigenvalue weighted by atomic mass is 10.1. The molecule has 0 aliphatic rings. The number of nitro benzene ring substituents is 1. The molecule has 0 aromatic heterocycles. The van der Waals surface area contributed by atoms with E-state index < -0.39 is 10.9 Å². The van der Waals surface area contributed by atoms with Gasteiger partial charge < -0.3 is 15.8 Å². The van der Waals surface area contributed by atoms with Gasteiger partial charge in [-0.05, 0) is 12.1 Å². The fraction of sp³-hybridized carbons (Fsp3) is 0.300. The Balaban J connectivity index is 0.00000289. The van der Waals surface area contributed by atoms with Crippen molar-refractivity contribution >= 4 is 29.8 Å². The zero-order valence-corrected chi connectivity index (χ0v) is 10.5. The summed E-state index contributed by atoms with van der Waals surface area (Å²) >= 11 is 0. The topological polar surface area (TPSA) is 107 Å². The molecular weight excluding hydrogens is 262 g/mol. The summed E-state index contributed by atoms with van der Waals surface area (Å²) < 4.78 is 4.49. The van der Waals surface area contributed by atoms with Gasteiger partial charge in [-0.3, -0.25) is 10.1 Å². The monoisotopic (exact) mass is 275 g/mol. The van der Waals surface area contributed by atoms with Crippen LogP contribution in [0.2, 0.25) is 0 Å². The van der Waals surface area contributed by atoms with Crippen LogP contribution in [0.15, 0.2) is 18.2 Å². The summed E-state index contributed by atoms with van der Waals surface area (Å²) in [5.41, 5.74) is 5.58. The van der Waals surface area contributed by atoms with Gasteiger partial charge in [-0.2, -0.15) is 0 Å². The highest BCUT2D eigenvalue weighted by molar-refractivity contribution is 5.91. The molecule has 0 fully saturated rings. The SMILES string of the molecule is COC(=O)c1ccc(NCCN)c([N+](=O)[O-])c1.Cl. The summed E-state index contributed by atoms with van der Waals surface area (Å²) in [4.78, 5) is 21.5. The minimum atomic E-state index is -0.613. The first-order valence-electron chi connectivity index (χ1n) is 4.91. The van der Waals surface area contributed by atoms with Gasteiger partial charge in [0.05, 0.1) is 17.6 Å². The Kier molecular flexibility index (Phi) is 6.69. The van der Waals surface area contributed by atoms with Crippen molar-refractivity contribution in [2.75, 3.05) is 25.5 Å². The quantitative estimate of drug-likeness (QED) is 0.474. The minimum absolute atomic E-state index is 0. The van der Waals surface area contributed by atoms with Crippen LogP contribution in [-0.2, 0) is 4.74 Å². The molecule has 0 bridgehead atoms. The normalized spacial score (nSPS) is 9.22. The summed E-state index contributed by atoms with van der Waals surface area (Å²) in [5, 5.41) is 13.6. The number of halogens is 1. The molecule has 100 valence electrons. The number of carbonyl (C=O) groups is 1. The third kappa shape index (κ3) is 3.86. The van der Waals surface area contributed by atoms with E-state index in [1.54, 1.807) is 0 Å². The van der Waals surface area contributed by atoms with E-state index in [0.717, 1.165) is 0 Å². The van der Waals surface area contributed by atoms with E-state index in [-0.39, 0.29) is 23.7 Å². The Labute approximate surface area is 110 Å². The fourth-order valence-electron chi connectivity index (χ4n) is 1.28. The third-order valence-corrected chi connectivity index (χ3v) is 2.08. The number of carbonyl (C=O) groups excluding carboxylic acids is 1. The second kappa shape index (κ2) is 7.46. The zero-order valence-electron chi connectivity index (χ0n) is 9.71. The zero-order chi connectivity index (χ0) is 12.8. The number of rotatable bonds is 5. The standard InChI is InChI=1S/C10H13N3O4.ClH/c1-17-10(14)7-2-3-8(12-5-4-11)9(6-7)13(15)16;/h2-3,6,12H,4-5,11H2,1H3;1H. The van der Waals surface area contributed by atoms with E-state index in [1.165, 1.54) is 25.3 Å². The van der Waals surface area contributed by atoms with Crippen molar-refractivity contribution in [3.8, 4) is 0 Å². The number of nitrogens with two attached hydrogens (primary N) is 1.